The van der Waals surface area contributed by atoms with Crippen LogP contribution in [0.3, 0.4) is 0 Å². The standard InChI is InChI=1S/C30H42N4O3/c1-2-25-26-11-7-17-33(26)20-21-34(25)28(35)23-32-18-14-30(15-19-32)13-6-5-10-24-9-3-4-12-27(24)37-22-8-16-31-29(30)36/h3-4,7,9,11-12,17,25H,2,5-6,8,10,13-16,18-23H2,1H3,(H,31,36). The van der Waals surface area contributed by atoms with Crippen LogP contribution < -0.4 is 10.1 Å². The molecule has 1 unspecified atom stereocenters. The topological polar surface area (TPSA) is 66.8 Å². The maximum atomic E-state index is 13.4. The van der Waals surface area contributed by atoms with Crippen LogP contribution in [-0.2, 0) is 22.6 Å². The summed E-state index contributed by atoms with van der Waals surface area (Å²) in [6, 6.07) is 12.7. The molecule has 3 aliphatic heterocycles. The highest BCUT2D eigenvalue weighted by Crippen LogP contribution is 2.38. The zero-order valence-corrected chi connectivity index (χ0v) is 22.3. The van der Waals surface area contributed by atoms with Gasteiger partial charge in [-0.2, -0.15) is 0 Å². The molecule has 0 aliphatic carbocycles. The quantitative estimate of drug-likeness (QED) is 0.679. The largest absolute Gasteiger partial charge is 0.493 e. The van der Waals surface area contributed by atoms with Crippen LogP contribution in [0.25, 0.3) is 0 Å². The first-order valence-corrected chi connectivity index (χ1v) is 14.3. The van der Waals surface area contributed by atoms with Crippen molar-refractivity contribution in [3.8, 4) is 5.75 Å². The van der Waals surface area contributed by atoms with E-state index in [4.69, 9.17) is 4.74 Å². The molecule has 2 amide bonds. The molecular formula is C30H42N4O3. The van der Waals surface area contributed by atoms with Crippen molar-refractivity contribution in [1.82, 2.24) is 19.7 Å². The van der Waals surface area contributed by atoms with Gasteiger partial charge in [0, 0.05) is 31.5 Å². The number of carbonyl (C=O) groups is 2. The average molecular weight is 507 g/mol. The molecule has 1 spiro atoms. The maximum Gasteiger partial charge on any atom is 0.237 e. The van der Waals surface area contributed by atoms with Gasteiger partial charge in [-0.05, 0) is 81.8 Å². The number of nitrogens with zero attached hydrogens (tertiary/aromatic N) is 3. The van der Waals surface area contributed by atoms with Gasteiger partial charge in [0.25, 0.3) is 0 Å². The Morgan fingerprint density at radius 3 is 2.70 bits per heavy atom. The first kappa shape index (κ1) is 25.8. The van der Waals surface area contributed by atoms with E-state index in [9.17, 15) is 9.59 Å². The predicted octanol–water partition coefficient (Wildman–Crippen LogP) is 4.18. The van der Waals surface area contributed by atoms with Crippen molar-refractivity contribution in [2.45, 2.75) is 70.9 Å². The van der Waals surface area contributed by atoms with Crippen LogP contribution in [0, 0.1) is 5.41 Å². The van der Waals surface area contributed by atoms with Crippen molar-refractivity contribution < 1.29 is 14.3 Å². The van der Waals surface area contributed by atoms with Gasteiger partial charge in [0.2, 0.25) is 11.8 Å². The number of aryl methyl sites for hydroxylation is 1. The lowest BCUT2D eigenvalue weighted by Gasteiger charge is -2.42. The molecule has 5 rings (SSSR count). The van der Waals surface area contributed by atoms with E-state index in [-0.39, 0.29) is 23.3 Å². The lowest BCUT2D eigenvalue weighted by molar-refractivity contribution is -0.138. The Labute approximate surface area is 221 Å². The number of benzene rings is 1. The summed E-state index contributed by atoms with van der Waals surface area (Å²) in [6.07, 6.45) is 9.43. The summed E-state index contributed by atoms with van der Waals surface area (Å²) in [5.74, 6) is 1.39. The Kier molecular flexibility index (Phi) is 8.18. The molecule has 1 fully saturated rings. The summed E-state index contributed by atoms with van der Waals surface area (Å²) < 4.78 is 8.29. The van der Waals surface area contributed by atoms with E-state index < -0.39 is 0 Å². The van der Waals surface area contributed by atoms with Crippen LogP contribution in [0.15, 0.2) is 42.6 Å². The smallest absolute Gasteiger partial charge is 0.237 e. The summed E-state index contributed by atoms with van der Waals surface area (Å²) in [5, 5.41) is 3.22. The molecule has 3 aliphatic rings. The number of hydrogen-bond donors (Lipinski definition) is 1. The molecule has 1 aromatic carbocycles. The zero-order valence-electron chi connectivity index (χ0n) is 22.3. The molecule has 200 valence electrons. The van der Waals surface area contributed by atoms with E-state index in [2.05, 4.69) is 63.1 Å². The van der Waals surface area contributed by atoms with Crippen molar-refractivity contribution >= 4 is 11.8 Å². The number of fused-ring (bicyclic) bond motifs is 2. The van der Waals surface area contributed by atoms with Crippen LogP contribution in [0.4, 0.5) is 0 Å². The average Bonchev–Trinajstić information content (AvgIpc) is 3.41. The molecule has 7 nitrogen and oxygen atoms in total. The number of ether oxygens (including phenoxy) is 1. The Balaban J connectivity index is 1.19. The summed E-state index contributed by atoms with van der Waals surface area (Å²) >= 11 is 0. The van der Waals surface area contributed by atoms with E-state index in [0.717, 1.165) is 83.3 Å². The molecule has 0 bridgehead atoms. The first-order valence-electron chi connectivity index (χ1n) is 14.3. The second-order valence-corrected chi connectivity index (χ2v) is 11.0. The van der Waals surface area contributed by atoms with Gasteiger partial charge in [-0.3, -0.25) is 14.5 Å². The summed E-state index contributed by atoms with van der Waals surface area (Å²) in [5.41, 5.74) is 2.18. The fraction of sp³-hybridized carbons (Fsp3) is 0.600. The molecule has 2 aromatic rings. The monoisotopic (exact) mass is 506 g/mol. The van der Waals surface area contributed by atoms with E-state index in [1.807, 2.05) is 6.07 Å². The SMILES string of the molecule is CCC1c2cccn2CCN1C(=O)CN1CCC2(CCCCc3ccccc3OCCCNC2=O)CC1. The number of hydrogen-bond acceptors (Lipinski definition) is 4. The Hall–Kier alpha value is -2.80. The van der Waals surface area contributed by atoms with E-state index in [0.29, 0.717) is 19.7 Å². The molecule has 1 N–H and O–H groups in total. The number of amides is 2. The van der Waals surface area contributed by atoms with Crippen LogP contribution in [-0.4, -0.2) is 65.5 Å². The van der Waals surface area contributed by atoms with E-state index in [1.165, 1.54) is 11.3 Å². The number of para-hydroxylation sites is 1. The third-order valence-electron chi connectivity index (χ3n) is 8.71. The van der Waals surface area contributed by atoms with Crippen molar-refractivity contribution in [1.29, 1.82) is 0 Å². The second kappa shape index (κ2) is 11.7. The van der Waals surface area contributed by atoms with Gasteiger partial charge in [-0.25, -0.2) is 0 Å². The minimum Gasteiger partial charge on any atom is -0.493 e. The van der Waals surface area contributed by atoms with Crippen LogP contribution >= 0.6 is 0 Å². The van der Waals surface area contributed by atoms with Crippen LogP contribution in [0.2, 0.25) is 0 Å². The van der Waals surface area contributed by atoms with Gasteiger partial charge >= 0.3 is 0 Å². The predicted molar refractivity (Wildman–Crippen MR) is 144 cm³/mol. The third kappa shape index (κ3) is 5.71. The summed E-state index contributed by atoms with van der Waals surface area (Å²) in [4.78, 5) is 31.1. The molecule has 4 heterocycles. The van der Waals surface area contributed by atoms with Crippen molar-refractivity contribution in [2.24, 2.45) is 5.41 Å². The molecule has 0 saturated carbocycles. The van der Waals surface area contributed by atoms with Crippen LogP contribution in [0.1, 0.15) is 69.2 Å². The Bertz CT molecular complexity index is 1070. The highest BCUT2D eigenvalue weighted by molar-refractivity contribution is 5.83. The Morgan fingerprint density at radius 1 is 1.03 bits per heavy atom. The normalized spacial score (nSPS) is 23.0. The zero-order chi connectivity index (χ0) is 25.7. The van der Waals surface area contributed by atoms with Gasteiger partial charge in [0.15, 0.2) is 0 Å². The fourth-order valence-electron chi connectivity index (χ4n) is 6.48. The van der Waals surface area contributed by atoms with E-state index >= 15 is 0 Å². The lowest BCUT2D eigenvalue weighted by atomic mass is 9.73. The molecule has 1 saturated heterocycles. The molecule has 7 heteroatoms. The lowest BCUT2D eigenvalue weighted by Crippen LogP contribution is -2.52. The van der Waals surface area contributed by atoms with Crippen LogP contribution in [0.5, 0.6) is 5.75 Å². The van der Waals surface area contributed by atoms with Crippen molar-refractivity contribution in [3.63, 3.8) is 0 Å². The molecule has 37 heavy (non-hydrogen) atoms. The van der Waals surface area contributed by atoms with Gasteiger partial charge in [0.05, 0.1) is 24.6 Å². The number of piperidine rings is 1. The number of nitrogens with one attached hydrogen (secondary N) is 1. The number of aromatic nitrogens is 1. The van der Waals surface area contributed by atoms with Crippen molar-refractivity contribution in [2.75, 3.05) is 39.3 Å². The number of likely N-dealkylation sites (tertiary alicyclic amines) is 1. The summed E-state index contributed by atoms with van der Waals surface area (Å²) in [7, 11) is 0. The van der Waals surface area contributed by atoms with E-state index in [1.54, 1.807) is 0 Å². The number of rotatable bonds is 3. The van der Waals surface area contributed by atoms with Gasteiger partial charge < -0.3 is 19.5 Å². The highest BCUT2D eigenvalue weighted by Gasteiger charge is 2.41. The minimum absolute atomic E-state index is 0.155. The van der Waals surface area contributed by atoms with Gasteiger partial charge in [-0.15, -0.1) is 0 Å². The van der Waals surface area contributed by atoms with Gasteiger partial charge in [-0.1, -0.05) is 31.5 Å². The fourth-order valence-corrected chi connectivity index (χ4v) is 6.48. The maximum absolute atomic E-state index is 13.4. The van der Waals surface area contributed by atoms with Crippen molar-refractivity contribution in [3.05, 3.63) is 53.9 Å². The second-order valence-electron chi connectivity index (χ2n) is 11.0. The molecule has 1 atom stereocenters. The third-order valence-corrected chi connectivity index (χ3v) is 8.71. The molecule has 1 aromatic heterocycles. The highest BCUT2D eigenvalue weighted by atomic mass is 16.5. The minimum atomic E-state index is -0.327. The summed E-state index contributed by atoms with van der Waals surface area (Å²) in [6.45, 7) is 7.09. The Morgan fingerprint density at radius 2 is 1.86 bits per heavy atom. The first-order chi connectivity index (χ1) is 18.1. The van der Waals surface area contributed by atoms with Gasteiger partial charge in [0.1, 0.15) is 5.75 Å². The molecular weight excluding hydrogens is 464 g/mol. The number of carbonyl (C=O) groups excluding carboxylic acids is 2. The molecule has 0 radical (unpaired) electrons.